The van der Waals surface area contributed by atoms with Crippen LogP contribution in [-0.2, 0) is 20.0 Å². The number of hydrogen-bond donors (Lipinski definition) is 0. The SMILES string of the molecule is Fc1c(F)c(F)c(P(c2c(F)c(F)c(F)c(F)c2F)c2c(F)c(F)c(F)c(F)c2F)c(F)c1F.[Cl][Au]. The molecule has 0 N–H and O–H groups in total. The molecule has 200 valence electrons. The Morgan fingerprint density at radius 3 is 0.528 bits per heavy atom. The van der Waals surface area contributed by atoms with Gasteiger partial charge in [0.15, 0.2) is 69.8 Å². The molecule has 18 heteroatoms. The molecule has 0 aliphatic rings. The van der Waals surface area contributed by atoms with Crippen molar-refractivity contribution in [1.82, 2.24) is 0 Å². The Morgan fingerprint density at radius 1 is 0.278 bits per heavy atom. The second-order valence-corrected chi connectivity index (χ2v) is 8.10. The van der Waals surface area contributed by atoms with E-state index in [2.05, 4.69) is 9.19 Å². The number of rotatable bonds is 3. The van der Waals surface area contributed by atoms with Crippen LogP contribution in [0.25, 0.3) is 0 Å². The molecule has 0 bridgehead atoms. The molecular formula is C18AuClF15P. The van der Waals surface area contributed by atoms with Gasteiger partial charge in [-0.1, -0.05) is 0 Å². The van der Waals surface area contributed by atoms with Crippen LogP contribution in [0.3, 0.4) is 0 Å². The van der Waals surface area contributed by atoms with Gasteiger partial charge in [0, 0.05) is 7.92 Å². The average molecular weight is 765 g/mol. The van der Waals surface area contributed by atoms with Crippen molar-refractivity contribution in [2.45, 2.75) is 0 Å². The Labute approximate surface area is 206 Å². The van der Waals surface area contributed by atoms with Crippen LogP contribution in [0, 0.1) is 87.3 Å². The second-order valence-electron chi connectivity index (χ2n) is 6.09. The molecule has 0 radical (unpaired) electrons. The zero-order valence-electron chi connectivity index (χ0n) is 15.8. The van der Waals surface area contributed by atoms with Crippen molar-refractivity contribution in [3.8, 4) is 0 Å². The molecule has 3 aromatic carbocycles. The molecule has 3 rings (SSSR count). The van der Waals surface area contributed by atoms with Crippen LogP contribution >= 0.6 is 17.1 Å². The Balaban J connectivity index is 0.00000222. The fourth-order valence-corrected chi connectivity index (χ4v) is 5.14. The van der Waals surface area contributed by atoms with Crippen molar-refractivity contribution in [3.05, 3.63) is 87.3 Å². The summed E-state index contributed by atoms with van der Waals surface area (Å²) in [5.74, 6) is -44.9. The molecule has 0 heterocycles. The fourth-order valence-electron chi connectivity index (χ4n) is 2.70. The maximum absolute atomic E-state index is 14.4. The minimum atomic E-state index is -4.90. The van der Waals surface area contributed by atoms with Crippen LogP contribution in [0.5, 0.6) is 0 Å². The molecule has 0 fully saturated rings. The van der Waals surface area contributed by atoms with Gasteiger partial charge >= 0.3 is 29.2 Å². The Bertz CT molecular complexity index is 1130. The predicted molar refractivity (Wildman–Crippen MR) is 90.4 cm³/mol. The molecule has 0 aliphatic carbocycles. The zero-order valence-corrected chi connectivity index (χ0v) is 19.6. The van der Waals surface area contributed by atoms with E-state index >= 15 is 0 Å². The summed E-state index contributed by atoms with van der Waals surface area (Å²) in [6.07, 6.45) is 0. The predicted octanol–water partition coefficient (Wildman–Crippen LogP) is 6.22. The van der Waals surface area contributed by atoms with Gasteiger partial charge in [0.2, 0.25) is 17.5 Å². The second kappa shape index (κ2) is 11.2. The van der Waals surface area contributed by atoms with Gasteiger partial charge in [0.1, 0.15) is 0 Å². The van der Waals surface area contributed by atoms with E-state index in [9.17, 15) is 65.9 Å². The molecule has 0 saturated heterocycles. The standard InChI is InChI=1S/C18F15P.Au.ClH/c19-1-4(22)10(28)16(11(29)5(1)23)34(17-12(30)6(24)2(20)7(25)13(17)31)18-14(32)8(26)3(21)9(27)15(18)33;;/h;;1H/q;+1;/p-1. The summed E-state index contributed by atoms with van der Waals surface area (Å²) in [5, 5.41) is -7.84. The summed E-state index contributed by atoms with van der Waals surface area (Å²) >= 11 is 1.75. The average Bonchev–Trinajstić information content (AvgIpc) is 2.87. The van der Waals surface area contributed by atoms with E-state index in [-0.39, 0.29) is 0 Å². The number of benzene rings is 3. The third-order valence-corrected chi connectivity index (χ3v) is 6.75. The van der Waals surface area contributed by atoms with Crippen molar-refractivity contribution in [2.75, 3.05) is 0 Å². The first kappa shape index (κ1) is 30.3. The zero-order chi connectivity index (χ0) is 28.0. The van der Waals surface area contributed by atoms with Crippen molar-refractivity contribution in [2.24, 2.45) is 0 Å². The number of halogens is 16. The van der Waals surface area contributed by atoms with Gasteiger partial charge in [-0.3, -0.25) is 0 Å². The molecule has 0 atom stereocenters. The minimum absolute atomic E-state index is 1.75. The molecular weight excluding hydrogens is 765 g/mol. The van der Waals surface area contributed by atoms with E-state index in [1.807, 2.05) is 0 Å². The summed E-state index contributed by atoms with van der Waals surface area (Å²) in [5.41, 5.74) is 0. The van der Waals surface area contributed by atoms with E-state index in [0.29, 0.717) is 0 Å². The monoisotopic (exact) mass is 764 g/mol. The van der Waals surface area contributed by atoms with Gasteiger partial charge in [0.05, 0.1) is 15.9 Å². The van der Waals surface area contributed by atoms with E-state index in [1.165, 1.54) is 0 Å². The maximum atomic E-state index is 14.4. The summed E-state index contributed by atoms with van der Waals surface area (Å²) in [6, 6.07) is 0. The summed E-state index contributed by atoms with van der Waals surface area (Å²) in [7, 11) is -0.312. The molecule has 0 aromatic heterocycles. The first-order valence-corrected chi connectivity index (χ1v) is 12.1. The van der Waals surface area contributed by atoms with Crippen LogP contribution in [-0.4, -0.2) is 0 Å². The van der Waals surface area contributed by atoms with Crippen LogP contribution in [0.4, 0.5) is 65.9 Å². The molecule has 0 nitrogen and oxygen atoms in total. The fraction of sp³-hybridized carbons (Fsp3) is 0. The van der Waals surface area contributed by atoms with Crippen LogP contribution in [0.15, 0.2) is 0 Å². The Morgan fingerprint density at radius 2 is 0.389 bits per heavy atom. The van der Waals surface area contributed by atoms with Crippen LogP contribution in [0.1, 0.15) is 0 Å². The quantitative estimate of drug-likeness (QED) is 0.0979. The molecule has 3 aromatic rings. The van der Waals surface area contributed by atoms with Crippen LogP contribution in [0.2, 0.25) is 0 Å². The molecule has 0 spiro atoms. The molecule has 0 aliphatic heterocycles. The molecule has 0 saturated carbocycles. The normalized spacial score (nSPS) is 11.2. The van der Waals surface area contributed by atoms with Gasteiger partial charge in [-0.05, 0) is 0 Å². The summed E-state index contributed by atoms with van der Waals surface area (Å²) < 4.78 is 209. The Kier molecular flexibility index (Phi) is 9.44. The van der Waals surface area contributed by atoms with Crippen molar-refractivity contribution >= 4 is 33.0 Å². The first-order valence-electron chi connectivity index (χ1n) is 8.12. The van der Waals surface area contributed by atoms with E-state index in [1.54, 1.807) is 20.0 Å². The van der Waals surface area contributed by atoms with Gasteiger partial charge in [-0.25, -0.2) is 65.9 Å². The third-order valence-electron chi connectivity index (χ3n) is 4.23. The first-order chi connectivity index (χ1) is 16.7. The van der Waals surface area contributed by atoms with Gasteiger partial charge < -0.3 is 0 Å². The van der Waals surface area contributed by atoms with Crippen molar-refractivity contribution in [1.29, 1.82) is 0 Å². The summed E-state index contributed by atoms with van der Waals surface area (Å²) in [4.78, 5) is 0. The molecule has 0 amide bonds. The van der Waals surface area contributed by atoms with E-state index in [0.717, 1.165) is 0 Å². The van der Waals surface area contributed by atoms with Crippen LogP contribution < -0.4 is 15.9 Å². The van der Waals surface area contributed by atoms with Crippen molar-refractivity contribution in [3.63, 3.8) is 0 Å². The van der Waals surface area contributed by atoms with Gasteiger partial charge in [-0.15, -0.1) is 0 Å². The molecule has 0 unspecified atom stereocenters. The van der Waals surface area contributed by atoms with E-state index < -0.39 is 111 Å². The number of hydrogen-bond acceptors (Lipinski definition) is 0. The van der Waals surface area contributed by atoms with E-state index in [4.69, 9.17) is 0 Å². The van der Waals surface area contributed by atoms with Gasteiger partial charge in [-0.2, -0.15) is 0 Å². The Hall–Kier alpha value is -1.93. The third kappa shape index (κ3) is 4.60. The molecule has 36 heavy (non-hydrogen) atoms. The van der Waals surface area contributed by atoms with Gasteiger partial charge in [0.25, 0.3) is 0 Å². The van der Waals surface area contributed by atoms with Crippen molar-refractivity contribution < 1.29 is 85.8 Å². The topological polar surface area (TPSA) is 0 Å². The summed E-state index contributed by atoms with van der Waals surface area (Å²) in [6.45, 7) is 0.